The van der Waals surface area contributed by atoms with Gasteiger partial charge in [0.2, 0.25) is 0 Å². The Bertz CT molecular complexity index is 186. The van der Waals surface area contributed by atoms with Crippen LogP contribution in [0, 0.1) is 11.3 Å². The summed E-state index contributed by atoms with van der Waals surface area (Å²) in [6.45, 7) is 11.6. The van der Waals surface area contributed by atoms with E-state index in [0.717, 1.165) is 12.5 Å². The fraction of sp³-hybridized carbons (Fsp3) is 0.818. The third-order valence-electron chi connectivity index (χ3n) is 2.61. The van der Waals surface area contributed by atoms with E-state index in [1.54, 1.807) is 5.57 Å². The Morgan fingerprint density at radius 1 is 1.42 bits per heavy atom. The van der Waals surface area contributed by atoms with Crippen LogP contribution in [0.5, 0.6) is 0 Å². The molecule has 12 heavy (non-hydrogen) atoms. The molecule has 0 fully saturated rings. The second-order valence-electron chi connectivity index (χ2n) is 5.03. The summed E-state index contributed by atoms with van der Waals surface area (Å²) in [7, 11) is 2.19. The molecular weight excluding hydrogens is 146 g/mol. The normalized spacial score (nSPS) is 27.1. The monoisotopic (exact) mass is 167 g/mol. The van der Waals surface area contributed by atoms with Gasteiger partial charge in [-0.2, -0.15) is 0 Å². The predicted molar refractivity (Wildman–Crippen MR) is 54.2 cm³/mol. The summed E-state index contributed by atoms with van der Waals surface area (Å²) in [6, 6.07) is 0. The maximum Gasteiger partial charge on any atom is 0.0163 e. The van der Waals surface area contributed by atoms with Crippen molar-refractivity contribution in [2.45, 2.75) is 27.7 Å². The highest BCUT2D eigenvalue weighted by Gasteiger charge is 2.25. The lowest BCUT2D eigenvalue weighted by molar-refractivity contribution is 0.281. The zero-order valence-electron chi connectivity index (χ0n) is 9.02. The summed E-state index contributed by atoms with van der Waals surface area (Å²) in [4.78, 5) is 2.37. The molecular formula is C11H21N. The van der Waals surface area contributed by atoms with Gasteiger partial charge in [0.05, 0.1) is 0 Å². The lowest BCUT2D eigenvalue weighted by atomic mass is 9.78. The quantitative estimate of drug-likeness (QED) is 0.501. The number of hydrogen-bond donors (Lipinski definition) is 0. The molecule has 0 N–H and O–H groups in total. The Morgan fingerprint density at radius 2 is 2.00 bits per heavy atom. The smallest absolute Gasteiger partial charge is 0.0163 e. The minimum atomic E-state index is 0.362. The highest BCUT2D eigenvalue weighted by atomic mass is 15.1. The molecule has 70 valence electrons. The summed E-state index contributed by atoms with van der Waals surface area (Å²) in [5, 5.41) is 0. The summed E-state index contributed by atoms with van der Waals surface area (Å²) >= 11 is 0. The van der Waals surface area contributed by atoms with Crippen LogP contribution in [0.3, 0.4) is 0 Å². The van der Waals surface area contributed by atoms with E-state index in [-0.39, 0.29) is 0 Å². The molecule has 0 spiro atoms. The van der Waals surface area contributed by atoms with Crippen molar-refractivity contribution >= 4 is 0 Å². The molecule has 0 radical (unpaired) electrons. The van der Waals surface area contributed by atoms with Gasteiger partial charge in [-0.15, -0.1) is 0 Å². The van der Waals surface area contributed by atoms with Gasteiger partial charge in [0.15, 0.2) is 0 Å². The van der Waals surface area contributed by atoms with Gasteiger partial charge in [0.1, 0.15) is 0 Å². The molecule has 1 rings (SSSR count). The molecule has 0 aromatic heterocycles. The molecule has 0 saturated carbocycles. The fourth-order valence-corrected chi connectivity index (χ4v) is 2.14. The molecule has 1 unspecified atom stereocenters. The zero-order valence-corrected chi connectivity index (χ0v) is 9.02. The van der Waals surface area contributed by atoms with Gasteiger partial charge in [-0.25, -0.2) is 0 Å². The molecule has 0 aromatic carbocycles. The Hall–Kier alpha value is -0.300. The number of nitrogens with zero attached hydrogens (tertiary/aromatic N) is 1. The van der Waals surface area contributed by atoms with Crippen LogP contribution in [-0.4, -0.2) is 25.0 Å². The van der Waals surface area contributed by atoms with Gasteiger partial charge < -0.3 is 4.90 Å². The van der Waals surface area contributed by atoms with Crippen molar-refractivity contribution < 1.29 is 0 Å². The van der Waals surface area contributed by atoms with Gasteiger partial charge in [0.25, 0.3) is 0 Å². The summed E-state index contributed by atoms with van der Waals surface area (Å²) in [6.07, 6.45) is 2.40. The standard InChI is InChI=1S/C11H21N/c1-9-8-12(5)7-6-10(9)11(2,3)4/h6,9H,7-8H2,1-5H3. The molecule has 1 heteroatoms. The van der Waals surface area contributed by atoms with E-state index >= 15 is 0 Å². The molecule has 0 aliphatic carbocycles. The van der Waals surface area contributed by atoms with Crippen molar-refractivity contribution in [2.24, 2.45) is 11.3 Å². The molecule has 1 aliphatic rings. The van der Waals surface area contributed by atoms with Crippen LogP contribution in [0.1, 0.15) is 27.7 Å². The molecule has 1 heterocycles. The zero-order chi connectivity index (χ0) is 9.35. The van der Waals surface area contributed by atoms with Gasteiger partial charge in [-0.1, -0.05) is 39.3 Å². The van der Waals surface area contributed by atoms with Crippen molar-refractivity contribution in [3.05, 3.63) is 11.6 Å². The van der Waals surface area contributed by atoms with Gasteiger partial charge in [-0.05, 0) is 18.4 Å². The maximum absolute atomic E-state index is 2.40. The SMILES string of the molecule is CC1CN(C)CC=C1C(C)(C)C. The second-order valence-corrected chi connectivity index (χ2v) is 5.03. The first-order valence-electron chi connectivity index (χ1n) is 4.80. The van der Waals surface area contributed by atoms with Crippen LogP contribution in [0.15, 0.2) is 11.6 Å². The largest absolute Gasteiger partial charge is 0.302 e. The third-order valence-corrected chi connectivity index (χ3v) is 2.61. The molecule has 0 bridgehead atoms. The average Bonchev–Trinajstić information content (AvgIpc) is 1.83. The lowest BCUT2D eigenvalue weighted by Gasteiger charge is -2.35. The maximum atomic E-state index is 2.40. The number of rotatable bonds is 0. The molecule has 1 nitrogen and oxygen atoms in total. The van der Waals surface area contributed by atoms with E-state index in [1.165, 1.54) is 6.54 Å². The lowest BCUT2D eigenvalue weighted by Crippen LogP contribution is -2.33. The van der Waals surface area contributed by atoms with E-state index in [4.69, 9.17) is 0 Å². The predicted octanol–water partition coefficient (Wildman–Crippen LogP) is 2.54. The van der Waals surface area contributed by atoms with Crippen molar-refractivity contribution in [3.8, 4) is 0 Å². The van der Waals surface area contributed by atoms with Crippen LogP contribution in [0.25, 0.3) is 0 Å². The van der Waals surface area contributed by atoms with Crippen LogP contribution in [-0.2, 0) is 0 Å². The van der Waals surface area contributed by atoms with E-state index in [0.29, 0.717) is 5.41 Å². The van der Waals surface area contributed by atoms with E-state index in [9.17, 15) is 0 Å². The second kappa shape index (κ2) is 3.21. The Kier molecular flexibility index (Phi) is 2.62. The van der Waals surface area contributed by atoms with Crippen molar-refractivity contribution in [1.82, 2.24) is 4.90 Å². The first kappa shape index (κ1) is 9.79. The summed E-state index contributed by atoms with van der Waals surface area (Å²) in [5.41, 5.74) is 1.99. The van der Waals surface area contributed by atoms with Gasteiger partial charge in [-0.3, -0.25) is 0 Å². The topological polar surface area (TPSA) is 3.24 Å². The Balaban J connectivity index is 2.78. The summed E-state index contributed by atoms with van der Waals surface area (Å²) < 4.78 is 0. The average molecular weight is 167 g/mol. The van der Waals surface area contributed by atoms with Crippen LogP contribution < -0.4 is 0 Å². The van der Waals surface area contributed by atoms with Crippen LogP contribution >= 0.6 is 0 Å². The molecule has 1 aliphatic heterocycles. The Labute approximate surface area is 76.5 Å². The molecule has 0 amide bonds. The van der Waals surface area contributed by atoms with Gasteiger partial charge in [0, 0.05) is 13.1 Å². The minimum Gasteiger partial charge on any atom is -0.302 e. The number of hydrogen-bond acceptors (Lipinski definition) is 1. The molecule has 0 aromatic rings. The van der Waals surface area contributed by atoms with Crippen LogP contribution in [0.4, 0.5) is 0 Å². The number of likely N-dealkylation sites (N-methyl/N-ethyl adjacent to an activating group) is 1. The van der Waals surface area contributed by atoms with E-state index < -0.39 is 0 Å². The highest BCUT2D eigenvalue weighted by molar-refractivity contribution is 5.17. The van der Waals surface area contributed by atoms with E-state index in [2.05, 4.69) is 45.7 Å². The van der Waals surface area contributed by atoms with Crippen molar-refractivity contribution in [2.75, 3.05) is 20.1 Å². The fourth-order valence-electron chi connectivity index (χ4n) is 2.14. The van der Waals surface area contributed by atoms with Gasteiger partial charge >= 0.3 is 0 Å². The van der Waals surface area contributed by atoms with E-state index in [1.807, 2.05) is 0 Å². The highest BCUT2D eigenvalue weighted by Crippen LogP contribution is 2.33. The first-order chi connectivity index (χ1) is 5.41. The van der Waals surface area contributed by atoms with Crippen molar-refractivity contribution in [3.63, 3.8) is 0 Å². The van der Waals surface area contributed by atoms with Crippen molar-refractivity contribution in [1.29, 1.82) is 0 Å². The molecule has 0 saturated heterocycles. The first-order valence-corrected chi connectivity index (χ1v) is 4.80. The third kappa shape index (κ3) is 2.10. The minimum absolute atomic E-state index is 0.362. The summed E-state index contributed by atoms with van der Waals surface area (Å²) in [5.74, 6) is 0.726. The Morgan fingerprint density at radius 3 is 2.42 bits per heavy atom. The van der Waals surface area contributed by atoms with Crippen LogP contribution in [0.2, 0.25) is 0 Å². The molecule has 1 atom stereocenters.